The van der Waals surface area contributed by atoms with Gasteiger partial charge >= 0.3 is 0 Å². The van der Waals surface area contributed by atoms with Gasteiger partial charge in [-0.1, -0.05) is 13.8 Å². The van der Waals surface area contributed by atoms with Crippen molar-refractivity contribution in [3.05, 3.63) is 11.8 Å². The van der Waals surface area contributed by atoms with Crippen molar-refractivity contribution in [3.63, 3.8) is 0 Å². The van der Waals surface area contributed by atoms with Crippen LogP contribution in [0.5, 0.6) is 0 Å². The van der Waals surface area contributed by atoms with Crippen molar-refractivity contribution in [2.45, 2.75) is 33.6 Å². The van der Waals surface area contributed by atoms with E-state index in [9.17, 15) is 0 Å². The van der Waals surface area contributed by atoms with Crippen molar-refractivity contribution in [1.29, 1.82) is 0 Å². The van der Waals surface area contributed by atoms with Crippen LogP contribution in [0.25, 0.3) is 0 Å². The average Bonchev–Trinajstić information content (AvgIpc) is 2.45. The quantitative estimate of drug-likeness (QED) is 0.714. The molecule has 4 heteroatoms. The highest BCUT2D eigenvalue weighted by Crippen LogP contribution is 2.08. The van der Waals surface area contributed by atoms with Crippen molar-refractivity contribution in [1.82, 2.24) is 9.80 Å². The van der Waals surface area contributed by atoms with Crippen LogP contribution in [0.3, 0.4) is 0 Å². The van der Waals surface area contributed by atoms with Gasteiger partial charge in [-0.3, -0.25) is 14.8 Å². The van der Waals surface area contributed by atoms with Crippen molar-refractivity contribution in [2.75, 3.05) is 45.9 Å². The predicted octanol–water partition coefficient (Wildman–Crippen LogP) is 1.76. The van der Waals surface area contributed by atoms with E-state index in [1.165, 1.54) is 11.3 Å². The van der Waals surface area contributed by atoms with Gasteiger partial charge in [0.25, 0.3) is 0 Å². The molecule has 4 nitrogen and oxygen atoms in total. The Hall–Kier alpha value is -0.710. The fourth-order valence-corrected chi connectivity index (χ4v) is 2.14. The fraction of sp³-hybridized carbons (Fsp3) is 0.800. The van der Waals surface area contributed by atoms with E-state index in [0.717, 1.165) is 52.1 Å². The fourth-order valence-electron chi connectivity index (χ4n) is 2.14. The van der Waals surface area contributed by atoms with Gasteiger partial charge in [-0.05, 0) is 25.3 Å². The number of rotatable bonds is 7. The standard InChI is InChI=1S/C15H29N3O/c1-4-14(3)16-12-15(5-2)13-18-8-6-17(7-9-18)10-11-19/h12,19H,4-11,13H2,1-3H3/b15-12+,16-14+. The van der Waals surface area contributed by atoms with Crippen LogP contribution in [0, 0.1) is 0 Å². The lowest BCUT2D eigenvalue weighted by atomic mass is 10.2. The maximum atomic E-state index is 8.93. The summed E-state index contributed by atoms with van der Waals surface area (Å²) in [4.78, 5) is 9.32. The molecule has 0 atom stereocenters. The molecule has 0 aromatic rings. The molecule has 0 amide bonds. The Morgan fingerprint density at radius 2 is 1.74 bits per heavy atom. The SMILES string of the molecule is CC/C(=C\N=C(/C)CC)CN1CCN(CCO)CC1. The van der Waals surface area contributed by atoms with Crippen LogP contribution in [-0.2, 0) is 0 Å². The molecule has 110 valence electrons. The Morgan fingerprint density at radius 1 is 1.11 bits per heavy atom. The first-order valence-electron chi connectivity index (χ1n) is 7.46. The molecule has 0 spiro atoms. The molecule has 1 saturated heterocycles. The van der Waals surface area contributed by atoms with E-state index >= 15 is 0 Å². The molecule has 1 aliphatic heterocycles. The maximum Gasteiger partial charge on any atom is 0.0558 e. The van der Waals surface area contributed by atoms with Gasteiger partial charge in [-0.25, -0.2) is 0 Å². The smallest absolute Gasteiger partial charge is 0.0558 e. The first kappa shape index (κ1) is 16.3. The van der Waals surface area contributed by atoms with Gasteiger partial charge in [0.2, 0.25) is 0 Å². The molecular formula is C15H29N3O. The number of piperazine rings is 1. The van der Waals surface area contributed by atoms with Gasteiger partial charge in [0.15, 0.2) is 0 Å². The van der Waals surface area contributed by atoms with Crippen LogP contribution in [0.15, 0.2) is 16.8 Å². The number of nitrogens with zero attached hydrogens (tertiary/aromatic N) is 3. The molecule has 19 heavy (non-hydrogen) atoms. The average molecular weight is 267 g/mol. The van der Waals surface area contributed by atoms with Crippen molar-refractivity contribution in [2.24, 2.45) is 4.99 Å². The molecule has 1 heterocycles. The number of aliphatic hydroxyl groups excluding tert-OH is 1. The lowest BCUT2D eigenvalue weighted by Gasteiger charge is -2.34. The zero-order chi connectivity index (χ0) is 14.1. The lowest BCUT2D eigenvalue weighted by molar-refractivity contribution is 0.118. The van der Waals surface area contributed by atoms with Crippen LogP contribution in [0.2, 0.25) is 0 Å². The monoisotopic (exact) mass is 267 g/mol. The summed E-state index contributed by atoms with van der Waals surface area (Å²) in [5, 5.41) is 8.93. The second kappa shape index (κ2) is 9.23. The summed E-state index contributed by atoms with van der Waals surface area (Å²) in [6.45, 7) is 12.8. The maximum absolute atomic E-state index is 8.93. The summed E-state index contributed by atoms with van der Waals surface area (Å²) in [5.74, 6) is 0. The molecule has 0 aromatic heterocycles. The number of β-amino-alcohol motifs (C(OH)–C–C–N with tert-alkyl or cyclic N) is 1. The van der Waals surface area contributed by atoms with Gasteiger partial charge < -0.3 is 5.11 Å². The van der Waals surface area contributed by atoms with E-state index in [4.69, 9.17) is 5.11 Å². The highest BCUT2D eigenvalue weighted by Gasteiger charge is 2.16. The molecule has 0 bridgehead atoms. The second-order valence-corrected chi connectivity index (χ2v) is 5.20. The summed E-state index contributed by atoms with van der Waals surface area (Å²) in [6.07, 6.45) is 4.14. The number of hydrogen-bond donors (Lipinski definition) is 1. The third kappa shape index (κ3) is 6.32. The van der Waals surface area contributed by atoms with Crippen LogP contribution in [0.4, 0.5) is 0 Å². The van der Waals surface area contributed by atoms with Gasteiger partial charge in [-0.15, -0.1) is 0 Å². The second-order valence-electron chi connectivity index (χ2n) is 5.20. The third-order valence-corrected chi connectivity index (χ3v) is 3.74. The van der Waals surface area contributed by atoms with E-state index in [2.05, 4.69) is 41.8 Å². The van der Waals surface area contributed by atoms with E-state index in [0.29, 0.717) is 0 Å². The van der Waals surface area contributed by atoms with Gasteiger partial charge in [0.05, 0.1) is 6.61 Å². The Balaban J connectivity index is 2.41. The van der Waals surface area contributed by atoms with Crippen molar-refractivity contribution < 1.29 is 5.11 Å². The largest absolute Gasteiger partial charge is 0.395 e. The molecule has 0 aromatic carbocycles. The Morgan fingerprint density at radius 3 is 2.26 bits per heavy atom. The molecule has 1 fully saturated rings. The summed E-state index contributed by atoms with van der Waals surface area (Å²) >= 11 is 0. The molecule has 1 rings (SSSR count). The summed E-state index contributed by atoms with van der Waals surface area (Å²) in [6, 6.07) is 0. The Bertz CT molecular complexity index is 305. The molecular weight excluding hydrogens is 238 g/mol. The molecule has 0 radical (unpaired) electrons. The Labute approximate surface area is 117 Å². The molecule has 1 aliphatic rings. The van der Waals surface area contributed by atoms with Crippen molar-refractivity contribution >= 4 is 5.71 Å². The minimum atomic E-state index is 0.269. The number of aliphatic imine (C=N–C) groups is 1. The molecule has 0 unspecified atom stereocenters. The van der Waals surface area contributed by atoms with Crippen LogP contribution >= 0.6 is 0 Å². The third-order valence-electron chi connectivity index (χ3n) is 3.74. The molecule has 0 saturated carbocycles. The number of aliphatic hydroxyl groups is 1. The van der Waals surface area contributed by atoms with Crippen LogP contribution in [-0.4, -0.2) is 66.5 Å². The predicted molar refractivity (Wildman–Crippen MR) is 81.7 cm³/mol. The van der Waals surface area contributed by atoms with E-state index < -0.39 is 0 Å². The molecule has 1 N–H and O–H groups in total. The zero-order valence-electron chi connectivity index (χ0n) is 12.7. The summed E-state index contributed by atoms with van der Waals surface area (Å²) < 4.78 is 0. The minimum absolute atomic E-state index is 0.269. The highest BCUT2D eigenvalue weighted by atomic mass is 16.3. The van der Waals surface area contributed by atoms with Gasteiger partial charge in [0, 0.05) is 51.2 Å². The summed E-state index contributed by atoms with van der Waals surface area (Å²) in [7, 11) is 0. The number of hydrogen-bond acceptors (Lipinski definition) is 4. The highest BCUT2D eigenvalue weighted by molar-refractivity contribution is 5.82. The van der Waals surface area contributed by atoms with Gasteiger partial charge in [0.1, 0.15) is 0 Å². The zero-order valence-corrected chi connectivity index (χ0v) is 12.7. The normalized spacial score (nSPS) is 20.0. The minimum Gasteiger partial charge on any atom is -0.395 e. The lowest BCUT2D eigenvalue weighted by Crippen LogP contribution is -2.47. The first-order chi connectivity index (χ1) is 9.19. The van der Waals surface area contributed by atoms with Crippen LogP contribution < -0.4 is 0 Å². The van der Waals surface area contributed by atoms with Crippen molar-refractivity contribution in [3.8, 4) is 0 Å². The first-order valence-corrected chi connectivity index (χ1v) is 7.46. The van der Waals surface area contributed by atoms with E-state index in [1.54, 1.807) is 0 Å². The molecule has 0 aliphatic carbocycles. The van der Waals surface area contributed by atoms with Crippen LogP contribution in [0.1, 0.15) is 33.6 Å². The van der Waals surface area contributed by atoms with E-state index in [1.807, 2.05) is 0 Å². The Kier molecular flexibility index (Phi) is 7.94. The van der Waals surface area contributed by atoms with Gasteiger partial charge in [-0.2, -0.15) is 0 Å². The topological polar surface area (TPSA) is 39.1 Å². The summed E-state index contributed by atoms with van der Waals surface area (Å²) in [5.41, 5.74) is 2.60. The van der Waals surface area contributed by atoms with E-state index in [-0.39, 0.29) is 6.61 Å².